The molecule has 0 unspecified atom stereocenters. The molecule has 3 aromatic carbocycles. The van der Waals surface area contributed by atoms with Crippen molar-refractivity contribution < 1.29 is 4.39 Å². The third-order valence-electron chi connectivity index (χ3n) is 3.28. The Morgan fingerprint density at radius 1 is 0.773 bits per heavy atom. The summed E-state index contributed by atoms with van der Waals surface area (Å²) < 4.78 is 14.2. The van der Waals surface area contributed by atoms with Crippen LogP contribution in [0.25, 0.3) is 11.1 Å². The highest BCUT2D eigenvalue weighted by Crippen LogP contribution is 2.32. The smallest absolute Gasteiger partial charge is 0.123 e. The van der Waals surface area contributed by atoms with Gasteiger partial charge in [-0.1, -0.05) is 45.9 Å². The van der Waals surface area contributed by atoms with Gasteiger partial charge >= 0.3 is 0 Å². The summed E-state index contributed by atoms with van der Waals surface area (Å²) in [7, 11) is 0. The number of rotatable bonds is 3. The van der Waals surface area contributed by atoms with Crippen LogP contribution in [0.15, 0.2) is 81.0 Å². The first-order valence-corrected chi connectivity index (χ1v) is 8.52. The molecule has 0 atom stereocenters. The zero-order valence-corrected chi connectivity index (χ0v) is 14.4. The minimum Gasteiger partial charge on any atom is -0.207 e. The van der Waals surface area contributed by atoms with Crippen LogP contribution < -0.4 is 0 Å². The Bertz CT molecular complexity index is 780. The van der Waals surface area contributed by atoms with Gasteiger partial charge in [0.05, 0.1) is 0 Å². The number of aryl methyl sites for hydroxylation is 1. The van der Waals surface area contributed by atoms with E-state index >= 15 is 0 Å². The summed E-state index contributed by atoms with van der Waals surface area (Å²) >= 11 is 5.18. The second-order valence-corrected chi connectivity index (χ2v) is 7.16. The van der Waals surface area contributed by atoms with Crippen LogP contribution >= 0.6 is 27.7 Å². The normalized spacial score (nSPS) is 10.7. The number of hydrogen-bond acceptors (Lipinski definition) is 1. The van der Waals surface area contributed by atoms with Crippen molar-refractivity contribution in [1.29, 1.82) is 0 Å². The van der Waals surface area contributed by atoms with Crippen LogP contribution in [0, 0.1) is 12.7 Å². The Labute approximate surface area is 142 Å². The van der Waals surface area contributed by atoms with Crippen LogP contribution in [0.2, 0.25) is 0 Å². The average Bonchev–Trinajstić information content (AvgIpc) is 2.50. The molecule has 0 spiro atoms. The third-order valence-corrected chi connectivity index (χ3v) is 4.79. The van der Waals surface area contributed by atoms with E-state index in [2.05, 4.69) is 53.2 Å². The van der Waals surface area contributed by atoms with E-state index in [0.717, 1.165) is 15.6 Å². The summed E-state index contributed by atoms with van der Waals surface area (Å²) in [5.74, 6) is -0.208. The summed E-state index contributed by atoms with van der Waals surface area (Å²) in [4.78, 5) is 2.38. The summed E-state index contributed by atoms with van der Waals surface area (Å²) in [6, 6.07) is 21.3. The Balaban J connectivity index is 1.92. The minimum atomic E-state index is -0.208. The molecule has 0 fully saturated rings. The molecular formula is C19H14BrFS. The van der Waals surface area contributed by atoms with Crippen molar-refractivity contribution in [3.8, 4) is 11.1 Å². The molecule has 0 aliphatic carbocycles. The van der Waals surface area contributed by atoms with Gasteiger partial charge in [0.1, 0.15) is 5.82 Å². The lowest BCUT2D eigenvalue weighted by atomic mass is 10.0. The number of halogens is 2. The minimum absolute atomic E-state index is 0.208. The van der Waals surface area contributed by atoms with Crippen LogP contribution in [0.4, 0.5) is 4.39 Å². The maximum absolute atomic E-state index is 13.1. The van der Waals surface area contributed by atoms with E-state index in [9.17, 15) is 4.39 Å². The molecule has 0 aromatic heterocycles. The first-order chi connectivity index (χ1) is 10.6. The van der Waals surface area contributed by atoms with Crippen LogP contribution in [-0.4, -0.2) is 0 Å². The van der Waals surface area contributed by atoms with Crippen molar-refractivity contribution in [3.63, 3.8) is 0 Å². The van der Waals surface area contributed by atoms with E-state index < -0.39 is 0 Å². The summed E-state index contributed by atoms with van der Waals surface area (Å²) in [6.07, 6.45) is 0. The van der Waals surface area contributed by atoms with Gasteiger partial charge in [0.15, 0.2) is 0 Å². The summed E-state index contributed by atoms with van der Waals surface area (Å²) in [5, 5.41) is 0. The van der Waals surface area contributed by atoms with Crippen molar-refractivity contribution in [3.05, 3.63) is 82.6 Å². The van der Waals surface area contributed by atoms with Crippen LogP contribution in [-0.2, 0) is 0 Å². The van der Waals surface area contributed by atoms with Gasteiger partial charge in [-0.15, -0.1) is 0 Å². The Morgan fingerprint density at radius 3 is 2.14 bits per heavy atom. The molecule has 0 N–H and O–H groups in total. The lowest BCUT2D eigenvalue weighted by Gasteiger charge is -2.08. The second kappa shape index (κ2) is 6.67. The predicted octanol–water partition coefficient (Wildman–Crippen LogP) is 6.71. The lowest BCUT2D eigenvalue weighted by molar-refractivity contribution is 0.628. The maximum atomic E-state index is 13.1. The second-order valence-electron chi connectivity index (χ2n) is 5.10. The molecule has 0 aliphatic heterocycles. The van der Waals surface area contributed by atoms with Crippen LogP contribution in [0.5, 0.6) is 0 Å². The van der Waals surface area contributed by atoms with Gasteiger partial charge in [-0.2, -0.15) is 0 Å². The topological polar surface area (TPSA) is 0 Å². The van der Waals surface area contributed by atoms with Gasteiger partial charge < -0.3 is 0 Å². The molecule has 0 aliphatic rings. The van der Waals surface area contributed by atoms with Crippen molar-refractivity contribution in [2.24, 2.45) is 0 Å². The molecule has 22 heavy (non-hydrogen) atoms. The standard InChI is InChI=1S/C19H14BrFS/c1-13-10-15(14-2-6-17(21)7-3-14)12-19(11-13)22-18-8-4-16(20)5-9-18/h2-12H,1H3. The number of benzene rings is 3. The van der Waals surface area contributed by atoms with Crippen molar-refractivity contribution in [2.75, 3.05) is 0 Å². The molecule has 3 aromatic rings. The zero-order chi connectivity index (χ0) is 15.5. The predicted molar refractivity (Wildman–Crippen MR) is 94.8 cm³/mol. The third kappa shape index (κ3) is 3.79. The lowest BCUT2D eigenvalue weighted by Crippen LogP contribution is -1.83. The quantitative estimate of drug-likeness (QED) is 0.491. The molecule has 0 radical (unpaired) electrons. The average molecular weight is 373 g/mol. The van der Waals surface area contributed by atoms with Gasteiger partial charge in [0.25, 0.3) is 0 Å². The molecular weight excluding hydrogens is 359 g/mol. The largest absolute Gasteiger partial charge is 0.207 e. The van der Waals surface area contributed by atoms with Gasteiger partial charge in [-0.3, -0.25) is 0 Å². The molecule has 3 rings (SSSR count). The summed E-state index contributed by atoms with van der Waals surface area (Å²) in [5.41, 5.74) is 3.34. The SMILES string of the molecule is Cc1cc(Sc2ccc(Br)cc2)cc(-c2ccc(F)cc2)c1. The fourth-order valence-corrected chi connectivity index (χ4v) is 3.49. The Kier molecular flexibility index (Phi) is 4.65. The molecule has 110 valence electrons. The Morgan fingerprint density at radius 2 is 1.45 bits per heavy atom. The monoisotopic (exact) mass is 372 g/mol. The van der Waals surface area contributed by atoms with Gasteiger partial charge in [-0.05, 0) is 72.1 Å². The van der Waals surface area contributed by atoms with Gasteiger partial charge in [0.2, 0.25) is 0 Å². The zero-order valence-electron chi connectivity index (χ0n) is 12.0. The molecule has 0 amide bonds. The maximum Gasteiger partial charge on any atom is 0.123 e. The molecule has 0 saturated heterocycles. The van der Waals surface area contributed by atoms with E-state index in [1.807, 2.05) is 24.3 Å². The Hall–Kier alpha value is -1.58. The fraction of sp³-hybridized carbons (Fsp3) is 0.0526. The highest BCUT2D eigenvalue weighted by Gasteiger charge is 2.04. The van der Waals surface area contributed by atoms with E-state index in [0.29, 0.717) is 0 Å². The van der Waals surface area contributed by atoms with Gasteiger partial charge in [0, 0.05) is 14.3 Å². The van der Waals surface area contributed by atoms with E-state index in [4.69, 9.17) is 0 Å². The van der Waals surface area contributed by atoms with Crippen molar-refractivity contribution >= 4 is 27.7 Å². The van der Waals surface area contributed by atoms with E-state index in [-0.39, 0.29) is 5.82 Å². The molecule has 3 heteroatoms. The number of hydrogen-bond donors (Lipinski definition) is 0. The summed E-state index contributed by atoms with van der Waals surface area (Å²) in [6.45, 7) is 2.08. The highest BCUT2D eigenvalue weighted by molar-refractivity contribution is 9.10. The molecule has 0 nitrogen and oxygen atoms in total. The van der Waals surface area contributed by atoms with Gasteiger partial charge in [-0.25, -0.2) is 4.39 Å². The first-order valence-electron chi connectivity index (χ1n) is 6.91. The van der Waals surface area contributed by atoms with Crippen molar-refractivity contribution in [2.45, 2.75) is 16.7 Å². The molecule has 0 bridgehead atoms. The molecule has 0 saturated carbocycles. The first kappa shape index (κ1) is 15.3. The highest BCUT2D eigenvalue weighted by atomic mass is 79.9. The van der Waals surface area contributed by atoms with Crippen molar-refractivity contribution in [1.82, 2.24) is 0 Å². The molecule has 0 heterocycles. The van der Waals surface area contributed by atoms with E-state index in [1.54, 1.807) is 11.8 Å². The van der Waals surface area contributed by atoms with Crippen LogP contribution in [0.1, 0.15) is 5.56 Å². The van der Waals surface area contributed by atoms with Crippen LogP contribution in [0.3, 0.4) is 0 Å². The fourth-order valence-electron chi connectivity index (χ4n) is 2.25. The van der Waals surface area contributed by atoms with E-state index in [1.165, 1.54) is 27.5 Å².